The maximum Gasteiger partial charge on any atom is 0.416 e. The molecule has 0 bridgehead atoms. The van der Waals surface area contributed by atoms with Crippen LogP contribution in [0.5, 0.6) is 0 Å². The molecule has 2 amide bonds. The second-order valence-corrected chi connectivity index (χ2v) is 12.6. The number of aliphatic hydroxyl groups is 1. The minimum absolute atomic E-state index is 0.00179. The summed E-state index contributed by atoms with van der Waals surface area (Å²) in [6.45, 7) is 4.15. The van der Waals surface area contributed by atoms with Gasteiger partial charge in [0.15, 0.2) is 0 Å². The number of anilines is 5. The summed E-state index contributed by atoms with van der Waals surface area (Å²) in [6, 6.07) is 17.1. The summed E-state index contributed by atoms with van der Waals surface area (Å²) in [4.78, 5) is 22.1. The molecule has 0 aliphatic rings. The number of hydrogen-bond acceptors (Lipinski definition) is 8. The quantitative estimate of drug-likeness (QED) is 0.117. The molecule has 1 heterocycles. The number of amides is 2. The normalized spacial score (nSPS) is 13.3. The number of carbonyl (C=O) groups excluding carboxylic acids is 1. The number of nitrogens with one attached hydrogen (secondary N) is 4. The standard InChI is InChI=1S/C31H34F3N7O3S/c1-4-16-36-45(3,44)26-14-12-23(13-15-26)38-29-35-18-27(28(41-29)37-20(2)19-42)21-8-10-24(11-9-21)39-30(43)40-25-7-5-6-22(17-25)31(32,33)34/h5-15,17-18,20,42H,4,16,19H2,1-3H3,(H2,39,40,43)(H2,35,37,38,41). The average molecular weight is 642 g/mol. The van der Waals surface area contributed by atoms with Crippen molar-refractivity contribution in [3.63, 3.8) is 0 Å². The highest BCUT2D eigenvalue weighted by Gasteiger charge is 2.30. The fourth-order valence-electron chi connectivity index (χ4n) is 4.10. The number of halogens is 3. The van der Waals surface area contributed by atoms with Crippen LogP contribution in [0.3, 0.4) is 0 Å². The van der Waals surface area contributed by atoms with E-state index in [0.29, 0.717) is 39.8 Å². The van der Waals surface area contributed by atoms with Crippen molar-refractivity contribution in [3.05, 3.63) is 84.6 Å². The van der Waals surface area contributed by atoms with E-state index in [-0.39, 0.29) is 24.3 Å². The van der Waals surface area contributed by atoms with Crippen LogP contribution in [0, 0.1) is 0 Å². The molecule has 45 heavy (non-hydrogen) atoms. The van der Waals surface area contributed by atoms with Gasteiger partial charge in [0.25, 0.3) is 0 Å². The van der Waals surface area contributed by atoms with Crippen LogP contribution in [0.1, 0.15) is 25.8 Å². The van der Waals surface area contributed by atoms with Crippen LogP contribution in [0.2, 0.25) is 0 Å². The van der Waals surface area contributed by atoms with E-state index in [0.717, 1.165) is 18.6 Å². The Bertz CT molecular complexity index is 1740. The number of aromatic nitrogens is 2. The summed E-state index contributed by atoms with van der Waals surface area (Å²) >= 11 is 0. The van der Waals surface area contributed by atoms with Gasteiger partial charge < -0.3 is 26.4 Å². The van der Waals surface area contributed by atoms with Gasteiger partial charge in [0.2, 0.25) is 5.95 Å². The number of benzene rings is 3. The fraction of sp³-hybridized carbons (Fsp3) is 0.258. The van der Waals surface area contributed by atoms with Crippen LogP contribution in [-0.2, 0) is 15.9 Å². The molecule has 5 N–H and O–H groups in total. The molecule has 3 aromatic carbocycles. The molecule has 0 fully saturated rings. The molecule has 1 aromatic heterocycles. The molecule has 0 saturated heterocycles. The Morgan fingerprint density at radius 3 is 2.31 bits per heavy atom. The van der Waals surface area contributed by atoms with Crippen molar-refractivity contribution < 1.29 is 27.3 Å². The number of alkyl halides is 3. The number of urea groups is 1. The summed E-state index contributed by atoms with van der Waals surface area (Å²) in [5.41, 5.74) is 1.55. The third-order valence-corrected chi connectivity index (χ3v) is 8.28. The first-order chi connectivity index (χ1) is 21.4. The van der Waals surface area contributed by atoms with Crippen LogP contribution < -0.4 is 21.3 Å². The molecule has 238 valence electrons. The Morgan fingerprint density at radius 1 is 1.00 bits per heavy atom. The van der Waals surface area contributed by atoms with Gasteiger partial charge in [-0.05, 0) is 73.5 Å². The van der Waals surface area contributed by atoms with Gasteiger partial charge in [-0.15, -0.1) is 0 Å². The van der Waals surface area contributed by atoms with Crippen molar-refractivity contribution in [1.82, 2.24) is 9.97 Å². The van der Waals surface area contributed by atoms with Crippen molar-refractivity contribution >= 4 is 44.6 Å². The molecular formula is C31H34F3N7O3S. The molecule has 0 radical (unpaired) electrons. The first-order valence-corrected chi connectivity index (χ1v) is 16.0. The van der Waals surface area contributed by atoms with Gasteiger partial charge >= 0.3 is 12.2 Å². The van der Waals surface area contributed by atoms with E-state index in [9.17, 15) is 27.3 Å². The minimum atomic E-state index is -4.53. The van der Waals surface area contributed by atoms with E-state index in [2.05, 4.69) is 35.6 Å². The van der Waals surface area contributed by atoms with Crippen molar-refractivity contribution in [3.8, 4) is 11.1 Å². The zero-order valence-corrected chi connectivity index (χ0v) is 25.7. The van der Waals surface area contributed by atoms with Gasteiger partial charge in [0, 0.05) is 52.6 Å². The van der Waals surface area contributed by atoms with E-state index in [1.165, 1.54) is 12.1 Å². The molecule has 0 aliphatic carbocycles. The Balaban J connectivity index is 1.49. The second-order valence-electron chi connectivity index (χ2n) is 10.2. The van der Waals surface area contributed by atoms with Gasteiger partial charge in [-0.1, -0.05) is 25.1 Å². The third-order valence-electron chi connectivity index (χ3n) is 6.46. The maximum absolute atomic E-state index is 13.0. The monoisotopic (exact) mass is 641 g/mol. The van der Waals surface area contributed by atoms with Crippen LogP contribution in [0.25, 0.3) is 11.1 Å². The Kier molecular flexibility index (Phi) is 10.6. The topological polar surface area (TPSA) is 141 Å². The lowest BCUT2D eigenvalue weighted by atomic mass is 10.1. The fourth-order valence-corrected chi connectivity index (χ4v) is 5.42. The third kappa shape index (κ3) is 9.16. The molecule has 4 rings (SSSR count). The molecule has 4 aromatic rings. The van der Waals surface area contributed by atoms with Crippen molar-refractivity contribution in [1.29, 1.82) is 0 Å². The first-order valence-electron chi connectivity index (χ1n) is 14.0. The first kappa shape index (κ1) is 33.2. The van der Waals surface area contributed by atoms with Crippen LogP contribution in [-0.4, -0.2) is 50.8 Å². The number of nitrogens with zero attached hydrogens (tertiary/aromatic N) is 3. The largest absolute Gasteiger partial charge is 0.416 e. The molecule has 2 unspecified atom stereocenters. The van der Waals surface area contributed by atoms with Crippen molar-refractivity contribution in [2.45, 2.75) is 37.4 Å². The highest BCUT2D eigenvalue weighted by Crippen LogP contribution is 2.31. The Labute approximate surface area is 259 Å². The van der Waals surface area contributed by atoms with E-state index in [1.807, 2.05) is 6.92 Å². The second kappa shape index (κ2) is 14.4. The van der Waals surface area contributed by atoms with E-state index in [4.69, 9.17) is 0 Å². The Morgan fingerprint density at radius 2 is 1.67 bits per heavy atom. The van der Waals surface area contributed by atoms with Gasteiger partial charge in [0.05, 0.1) is 21.9 Å². The maximum atomic E-state index is 13.0. The lowest BCUT2D eigenvalue weighted by Crippen LogP contribution is -2.21. The zero-order valence-electron chi connectivity index (χ0n) is 24.9. The number of aliphatic hydroxyl groups excluding tert-OH is 1. The Hall–Kier alpha value is -4.69. The molecule has 10 nitrogen and oxygen atoms in total. The molecular weight excluding hydrogens is 607 g/mol. The predicted octanol–water partition coefficient (Wildman–Crippen LogP) is 7.21. The van der Waals surface area contributed by atoms with E-state index >= 15 is 0 Å². The van der Waals surface area contributed by atoms with Crippen LogP contribution >= 0.6 is 0 Å². The highest BCUT2D eigenvalue weighted by atomic mass is 32.2. The van der Waals surface area contributed by atoms with Gasteiger partial charge in [-0.25, -0.2) is 18.4 Å². The van der Waals surface area contributed by atoms with Crippen LogP contribution in [0.15, 0.2) is 88.3 Å². The van der Waals surface area contributed by atoms with E-state index in [1.54, 1.807) is 67.9 Å². The highest BCUT2D eigenvalue weighted by molar-refractivity contribution is 7.93. The summed E-state index contributed by atoms with van der Waals surface area (Å²) in [5, 5.41) is 20.9. The van der Waals surface area contributed by atoms with Gasteiger partial charge in [-0.3, -0.25) is 0 Å². The average Bonchev–Trinajstić information content (AvgIpc) is 3.00. The lowest BCUT2D eigenvalue weighted by Gasteiger charge is -2.17. The van der Waals surface area contributed by atoms with Crippen molar-refractivity contribution in [2.75, 3.05) is 40.7 Å². The predicted molar refractivity (Wildman–Crippen MR) is 171 cm³/mol. The van der Waals surface area contributed by atoms with E-state index < -0.39 is 27.5 Å². The molecule has 0 aliphatic heterocycles. The SMILES string of the molecule is CCCN=S(C)(=O)c1ccc(Nc2ncc(-c3ccc(NC(=O)Nc4cccc(C(F)(F)F)c4)cc3)c(NC(C)CO)n2)cc1. The molecule has 0 saturated carbocycles. The number of rotatable bonds is 11. The number of hydrogen-bond donors (Lipinski definition) is 5. The molecule has 0 spiro atoms. The molecule has 14 heteroatoms. The molecule has 2 atom stereocenters. The lowest BCUT2D eigenvalue weighted by molar-refractivity contribution is -0.137. The number of carbonyl (C=O) groups is 1. The summed E-state index contributed by atoms with van der Waals surface area (Å²) in [5.74, 6) is 0.736. The van der Waals surface area contributed by atoms with Gasteiger partial charge in [0.1, 0.15) is 5.82 Å². The zero-order chi connectivity index (χ0) is 32.6. The summed E-state index contributed by atoms with van der Waals surface area (Å²) in [7, 11) is -2.48. The minimum Gasteiger partial charge on any atom is -0.394 e. The van der Waals surface area contributed by atoms with Crippen molar-refractivity contribution in [2.24, 2.45) is 4.36 Å². The van der Waals surface area contributed by atoms with Gasteiger partial charge in [-0.2, -0.15) is 18.2 Å². The summed E-state index contributed by atoms with van der Waals surface area (Å²) in [6.07, 6.45) is -0.483. The summed E-state index contributed by atoms with van der Waals surface area (Å²) < 4.78 is 56.1. The van der Waals surface area contributed by atoms with Crippen LogP contribution in [0.4, 0.5) is 46.8 Å². The smallest absolute Gasteiger partial charge is 0.394 e.